The molecule has 4 aromatic rings. The number of ether oxygens (including phenoxy) is 1. The number of benzene rings is 2. The Morgan fingerprint density at radius 1 is 1.14 bits per heavy atom. The summed E-state index contributed by atoms with van der Waals surface area (Å²) in [7, 11) is 0. The van der Waals surface area contributed by atoms with Crippen LogP contribution in [0.5, 0.6) is 5.75 Å². The summed E-state index contributed by atoms with van der Waals surface area (Å²) in [6, 6.07) is 17.4. The van der Waals surface area contributed by atoms with E-state index >= 15 is 0 Å². The first-order valence-electron chi connectivity index (χ1n) is 9.02. The Kier molecular flexibility index (Phi) is 5.23. The van der Waals surface area contributed by atoms with Crippen LogP contribution >= 0.6 is 11.3 Å². The number of thiophene rings is 1. The monoisotopic (exact) mass is 392 g/mol. The Bertz CT molecular complexity index is 1150. The zero-order valence-corrected chi connectivity index (χ0v) is 16.2. The van der Waals surface area contributed by atoms with E-state index in [1.807, 2.05) is 66.9 Å². The zero-order valence-electron chi connectivity index (χ0n) is 15.4. The van der Waals surface area contributed by atoms with E-state index in [-0.39, 0.29) is 18.7 Å². The molecule has 0 saturated heterocycles. The number of para-hydroxylation sites is 1. The highest BCUT2D eigenvalue weighted by atomic mass is 32.1. The molecule has 1 atom stereocenters. The first-order chi connectivity index (χ1) is 13.6. The van der Waals surface area contributed by atoms with Crippen LogP contribution in [-0.2, 0) is 6.54 Å². The maximum atomic E-state index is 13.0. The highest BCUT2D eigenvalue weighted by Gasteiger charge is 2.15. The quantitative estimate of drug-likeness (QED) is 0.541. The van der Waals surface area contributed by atoms with Crippen LogP contribution in [0.3, 0.4) is 0 Å². The second kappa shape index (κ2) is 7.96. The number of rotatable bonds is 6. The lowest BCUT2D eigenvalue weighted by molar-refractivity contribution is 0.0911. The summed E-state index contributed by atoms with van der Waals surface area (Å²) in [5.41, 5.74) is 2.70. The molecule has 5 nitrogen and oxygen atoms in total. The molecular formula is C22H20N2O3S. The summed E-state index contributed by atoms with van der Waals surface area (Å²) in [5, 5.41) is 12.9. The van der Waals surface area contributed by atoms with Crippen LogP contribution in [0.4, 0.5) is 0 Å². The van der Waals surface area contributed by atoms with Gasteiger partial charge in [-0.15, -0.1) is 11.3 Å². The molecule has 2 aromatic carbocycles. The highest BCUT2D eigenvalue weighted by Crippen LogP contribution is 2.30. The lowest BCUT2D eigenvalue weighted by Gasteiger charge is -2.15. The van der Waals surface area contributed by atoms with Crippen molar-refractivity contribution in [1.82, 2.24) is 9.55 Å². The van der Waals surface area contributed by atoms with Crippen molar-refractivity contribution in [2.24, 2.45) is 0 Å². The van der Waals surface area contributed by atoms with E-state index in [1.165, 1.54) is 22.2 Å². The van der Waals surface area contributed by atoms with E-state index in [4.69, 9.17) is 4.74 Å². The average Bonchev–Trinajstić information content (AvgIpc) is 3.15. The molecule has 0 aliphatic rings. The van der Waals surface area contributed by atoms with Crippen molar-refractivity contribution < 1.29 is 9.84 Å². The molecule has 0 fully saturated rings. The minimum atomic E-state index is -0.824. The van der Waals surface area contributed by atoms with Crippen LogP contribution < -0.4 is 10.3 Å². The lowest BCUT2D eigenvalue weighted by Crippen LogP contribution is -2.30. The Hall–Kier alpha value is -2.96. The Morgan fingerprint density at radius 2 is 1.89 bits per heavy atom. The van der Waals surface area contributed by atoms with Crippen molar-refractivity contribution in [3.63, 3.8) is 0 Å². The number of aliphatic hydroxyl groups is 1. The number of hydrogen-bond donors (Lipinski definition) is 1. The number of aryl methyl sites for hydroxylation is 1. The van der Waals surface area contributed by atoms with E-state index in [0.29, 0.717) is 10.2 Å². The first kappa shape index (κ1) is 18.4. The van der Waals surface area contributed by atoms with Gasteiger partial charge in [0.25, 0.3) is 5.56 Å². The number of hydrogen-bond acceptors (Lipinski definition) is 5. The first-order valence-corrected chi connectivity index (χ1v) is 9.90. The Morgan fingerprint density at radius 3 is 2.68 bits per heavy atom. The molecule has 1 N–H and O–H groups in total. The maximum Gasteiger partial charge on any atom is 0.262 e. The molecular weight excluding hydrogens is 372 g/mol. The van der Waals surface area contributed by atoms with Crippen molar-refractivity contribution >= 4 is 21.6 Å². The van der Waals surface area contributed by atoms with Gasteiger partial charge in [-0.1, -0.05) is 48.5 Å². The van der Waals surface area contributed by atoms with Gasteiger partial charge in [0.15, 0.2) is 0 Å². The molecule has 0 radical (unpaired) electrons. The number of nitrogens with zero attached hydrogens (tertiary/aromatic N) is 2. The molecule has 2 heterocycles. The molecule has 0 saturated carbocycles. The molecule has 142 valence electrons. The number of aromatic nitrogens is 2. The molecule has 2 aromatic heterocycles. The third-order valence-electron chi connectivity index (χ3n) is 4.58. The molecule has 6 heteroatoms. The predicted molar refractivity (Wildman–Crippen MR) is 112 cm³/mol. The molecule has 0 bridgehead atoms. The fraction of sp³-hybridized carbons (Fsp3) is 0.182. The van der Waals surface area contributed by atoms with Crippen LogP contribution in [-0.4, -0.2) is 27.4 Å². The fourth-order valence-corrected chi connectivity index (χ4v) is 4.02. The highest BCUT2D eigenvalue weighted by molar-refractivity contribution is 7.17. The summed E-state index contributed by atoms with van der Waals surface area (Å²) < 4.78 is 7.14. The fourth-order valence-electron chi connectivity index (χ4n) is 3.11. The summed E-state index contributed by atoms with van der Waals surface area (Å²) in [5.74, 6) is 0.728. The van der Waals surface area contributed by atoms with Crippen LogP contribution in [0.25, 0.3) is 21.3 Å². The molecule has 0 unspecified atom stereocenters. The van der Waals surface area contributed by atoms with E-state index < -0.39 is 6.10 Å². The van der Waals surface area contributed by atoms with Crippen molar-refractivity contribution in [1.29, 1.82) is 0 Å². The Labute approximate surface area is 166 Å². The smallest absolute Gasteiger partial charge is 0.262 e. The van der Waals surface area contributed by atoms with Gasteiger partial charge >= 0.3 is 0 Å². The van der Waals surface area contributed by atoms with Crippen LogP contribution in [0.1, 0.15) is 5.56 Å². The molecule has 0 aliphatic carbocycles. The van der Waals surface area contributed by atoms with Gasteiger partial charge in [0.1, 0.15) is 23.3 Å². The summed E-state index contributed by atoms with van der Waals surface area (Å²) in [4.78, 5) is 18.1. The van der Waals surface area contributed by atoms with E-state index in [9.17, 15) is 9.90 Å². The van der Waals surface area contributed by atoms with Gasteiger partial charge in [-0.3, -0.25) is 9.36 Å². The van der Waals surface area contributed by atoms with Gasteiger partial charge in [0.2, 0.25) is 0 Å². The van der Waals surface area contributed by atoms with E-state index in [1.54, 1.807) is 0 Å². The Balaban J connectivity index is 1.57. The predicted octanol–water partition coefficient (Wildman–Crippen LogP) is 3.87. The van der Waals surface area contributed by atoms with Crippen molar-refractivity contribution in [2.75, 3.05) is 6.61 Å². The maximum absolute atomic E-state index is 13.0. The second-order valence-corrected chi connectivity index (χ2v) is 7.49. The van der Waals surface area contributed by atoms with Gasteiger partial charge in [-0.05, 0) is 24.1 Å². The van der Waals surface area contributed by atoms with Gasteiger partial charge in [-0.25, -0.2) is 4.98 Å². The number of fused-ring (bicyclic) bond motifs is 1. The van der Waals surface area contributed by atoms with Crippen molar-refractivity contribution in [3.8, 4) is 16.9 Å². The van der Waals surface area contributed by atoms with Gasteiger partial charge in [-0.2, -0.15) is 0 Å². The SMILES string of the molecule is Cc1ccccc1OC[C@H](O)Cn1cnc2scc(-c3ccccc3)c2c1=O. The van der Waals surface area contributed by atoms with Crippen molar-refractivity contribution in [3.05, 3.63) is 82.2 Å². The minimum Gasteiger partial charge on any atom is -0.491 e. The van der Waals surface area contributed by atoms with Crippen LogP contribution in [0.2, 0.25) is 0 Å². The summed E-state index contributed by atoms with van der Waals surface area (Å²) in [6.45, 7) is 2.17. The van der Waals surface area contributed by atoms with Gasteiger partial charge < -0.3 is 9.84 Å². The lowest BCUT2D eigenvalue weighted by atomic mass is 10.1. The zero-order chi connectivity index (χ0) is 19.5. The van der Waals surface area contributed by atoms with Gasteiger partial charge in [0, 0.05) is 10.9 Å². The standard InChI is InChI=1S/C22H20N2O3S/c1-15-7-5-6-10-19(15)27-12-17(25)11-24-14-23-21-20(22(24)26)18(13-28-21)16-8-3-2-4-9-16/h2-10,13-14,17,25H,11-12H2,1H3/t17-/m1/s1. The van der Waals surface area contributed by atoms with Gasteiger partial charge in [0.05, 0.1) is 18.3 Å². The summed E-state index contributed by atoms with van der Waals surface area (Å²) >= 11 is 1.45. The molecule has 0 spiro atoms. The third kappa shape index (κ3) is 3.69. The topological polar surface area (TPSA) is 64.3 Å². The third-order valence-corrected chi connectivity index (χ3v) is 5.46. The second-order valence-electron chi connectivity index (χ2n) is 6.63. The summed E-state index contributed by atoms with van der Waals surface area (Å²) in [6.07, 6.45) is 0.669. The molecule has 28 heavy (non-hydrogen) atoms. The molecule has 4 rings (SSSR count). The van der Waals surface area contributed by atoms with E-state index in [0.717, 1.165) is 22.4 Å². The average molecular weight is 392 g/mol. The van der Waals surface area contributed by atoms with Crippen LogP contribution in [0, 0.1) is 6.92 Å². The van der Waals surface area contributed by atoms with Crippen molar-refractivity contribution in [2.45, 2.75) is 19.6 Å². The normalized spacial score (nSPS) is 12.2. The largest absolute Gasteiger partial charge is 0.491 e. The van der Waals surface area contributed by atoms with Crippen LogP contribution in [0.15, 0.2) is 71.1 Å². The molecule has 0 aliphatic heterocycles. The van der Waals surface area contributed by atoms with E-state index in [2.05, 4.69) is 4.98 Å². The minimum absolute atomic E-state index is 0.102. The number of aliphatic hydroxyl groups excluding tert-OH is 1. The molecule has 0 amide bonds.